The van der Waals surface area contributed by atoms with Gasteiger partial charge >= 0.3 is 5.97 Å². The molecule has 2 atom stereocenters. The van der Waals surface area contributed by atoms with Gasteiger partial charge in [-0.05, 0) is 39.0 Å². The Morgan fingerprint density at radius 3 is 2.32 bits per heavy atom. The molecule has 0 spiro atoms. The van der Waals surface area contributed by atoms with Gasteiger partial charge in [-0.1, -0.05) is 13.3 Å². The second kappa shape index (κ2) is 8.49. The Balaban J connectivity index is 1.94. The molecule has 1 amide bonds. The highest BCUT2D eigenvalue weighted by Gasteiger charge is 2.39. The summed E-state index contributed by atoms with van der Waals surface area (Å²) in [4.78, 5) is 25.9. The van der Waals surface area contributed by atoms with E-state index in [1.165, 1.54) is 4.31 Å². The summed E-state index contributed by atoms with van der Waals surface area (Å²) in [6.45, 7) is 5.13. The maximum absolute atomic E-state index is 12.8. The number of sulfonamides is 1. The smallest absolute Gasteiger partial charge is 0.308 e. The third-order valence-corrected chi connectivity index (χ3v) is 7.50. The van der Waals surface area contributed by atoms with Crippen LogP contribution in [0.4, 0.5) is 0 Å². The van der Waals surface area contributed by atoms with Crippen LogP contribution in [0.15, 0.2) is 0 Å². The molecule has 144 valence electrons. The van der Waals surface area contributed by atoms with Gasteiger partial charge in [0.25, 0.3) is 0 Å². The zero-order valence-corrected chi connectivity index (χ0v) is 16.0. The second-order valence-electron chi connectivity index (χ2n) is 7.20. The molecule has 0 bridgehead atoms. The second-order valence-corrected chi connectivity index (χ2v) is 9.29. The molecule has 2 heterocycles. The van der Waals surface area contributed by atoms with Gasteiger partial charge in [-0.15, -0.1) is 0 Å². The number of carbonyl (C=O) groups excluding carboxylic acids is 1. The van der Waals surface area contributed by atoms with Crippen LogP contribution in [0.3, 0.4) is 0 Å². The average molecular weight is 375 g/mol. The molecule has 1 N–H and O–H groups in total. The minimum atomic E-state index is -3.22. The van der Waals surface area contributed by atoms with Crippen molar-refractivity contribution in [2.24, 2.45) is 11.8 Å². The van der Waals surface area contributed by atoms with Crippen LogP contribution < -0.4 is 0 Å². The standard InChI is InChI=1S/C17H30N2O5S/c1-3-4-12-25(23,24)18-10-7-14(8-11-18)16(20)19-9-5-6-15(13(19)2)17(21)22/h13-15H,3-12H2,1-2H3,(H,21,22)/t13-,15-/m0/s1. The Labute approximate surface area is 150 Å². The first-order valence-corrected chi connectivity index (χ1v) is 10.9. The number of aliphatic carboxylic acids is 1. The molecule has 2 rings (SSSR count). The number of unbranched alkanes of at least 4 members (excludes halogenated alkanes) is 1. The van der Waals surface area contributed by atoms with Gasteiger partial charge in [-0.3, -0.25) is 9.59 Å². The first-order chi connectivity index (χ1) is 11.8. The molecule has 0 aromatic heterocycles. The molecule has 0 aromatic carbocycles. The summed E-state index contributed by atoms with van der Waals surface area (Å²) in [5.74, 6) is -1.39. The van der Waals surface area contributed by atoms with Crippen LogP contribution in [0.25, 0.3) is 0 Å². The fourth-order valence-corrected chi connectivity index (χ4v) is 5.53. The largest absolute Gasteiger partial charge is 0.481 e. The number of nitrogens with zero attached hydrogens (tertiary/aromatic N) is 2. The quantitative estimate of drug-likeness (QED) is 0.761. The number of hydrogen-bond acceptors (Lipinski definition) is 4. The van der Waals surface area contributed by atoms with Crippen LogP contribution in [0, 0.1) is 11.8 Å². The topological polar surface area (TPSA) is 95.0 Å². The molecule has 0 aliphatic carbocycles. The van der Waals surface area contributed by atoms with Gasteiger partial charge in [0.1, 0.15) is 0 Å². The van der Waals surface area contributed by atoms with Gasteiger partial charge in [0, 0.05) is 31.6 Å². The Morgan fingerprint density at radius 2 is 1.76 bits per heavy atom. The molecule has 0 unspecified atom stereocenters. The number of carboxylic acid groups (broad SMARTS) is 1. The Hall–Kier alpha value is -1.15. The predicted molar refractivity (Wildman–Crippen MR) is 94.5 cm³/mol. The summed E-state index contributed by atoms with van der Waals surface area (Å²) in [5, 5.41) is 9.30. The van der Waals surface area contributed by atoms with E-state index in [0.29, 0.717) is 51.7 Å². The van der Waals surface area contributed by atoms with Gasteiger partial charge in [0.05, 0.1) is 11.7 Å². The van der Waals surface area contributed by atoms with Crippen LogP contribution in [0.1, 0.15) is 52.4 Å². The SMILES string of the molecule is CCCCS(=O)(=O)N1CCC(C(=O)N2CCC[C@H](C(=O)O)[C@@H]2C)CC1. The van der Waals surface area contributed by atoms with Crippen molar-refractivity contribution in [1.82, 2.24) is 9.21 Å². The maximum atomic E-state index is 12.8. The zero-order valence-electron chi connectivity index (χ0n) is 15.2. The molecule has 2 saturated heterocycles. The molecule has 2 fully saturated rings. The summed E-state index contributed by atoms with van der Waals surface area (Å²) in [6.07, 6.45) is 3.84. The molecular weight excluding hydrogens is 344 g/mol. The molecular formula is C17H30N2O5S. The number of likely N-dealkylation sites (tertiary alicyclic amines) is 1. The Morgan fingerprint density at radius 1 is 1.12 bits per heavy atom. The highest BCUT2D eigenvalue weighted by molar-refractivity contribution is 7.89. The van der Waals surface area contributed by atoms with Crippen molar-refractivity contribution in [2.45, 2.75) is 58.4 Å². The zero-order chi connectivity index (χ0) is 18.6. The summed E-state index contributed by atoms with van der Waals surface area (Å²) in [7, 11) is -3.22. The normalized spacial score (nSPS) is 26.6. The number of amides is 1. The van der Waals surface area contributed by atoms with Crippen molar-refractivity contribution < 1.29 is 23.1 Å². The van der Waals surface area contributed by atoms with Crippen molar-refractivity contribution in [3.63, 3.8) is 0 Å². The van der Waals surface area contributed by atoms with Crippen molar-refractivity contribution in [3.05, 3.63) is 0 Å². The summed E-state index contributed by atoms with van der Waals surface area (Å²) in [5.41, 5.74) is 0. The van der Waals surface area contributed by atoms with Crippen LogP contribution >= 0.6 is 0 Å². The van der Waals surface area contributed by atoms with Gasteiger partial charge in [-0.25, -0.2) is 12.7 Å². The van der Waals surface area contributed by atoms with Crippen molar-refractivity contribution >= 4 is 21.9 Å². The first kappa shape index (κ1) is 20.2. The molecule has 2 aliphatic heterocycles. The van der Waals surface area contributed by atoms with E-state index < -0.39 is 21.9 Å². The lowest BCUT2D eigenvalue weighted by molar-refractivity contribution is -0.151. The molecule has 8 heteroatoms. The number of carboxylic acids is 1. The Kier molecular flexibility index (Phi) is 6.85. The van der Waals surface area contributed by atoms with Crippen LogP contribution in [0.5, 0.6) is 0 Å². The molecule has 7 nitrogen and oxygen atoms in total. The van der Waals surface area contributed by atoms with Gasteiger partial charge in [0.15, 0.2) is 0 Å². The maximum Gasteiger partial charge on any atom is 0.308 e. The van der Waals surface area contributed by atoms with Gasteiger partial charge in [0.2, 0.25) is 15.9 Å². The highest BCUT2D eigenvalue weighted by Crippen LogP contribution is 2.28. The van der Waals surface area contributed by atoms with E-state index in [-0.39, 0.29) is 23.6 Å². The molecule has 0 radical (unpaired) electrons. The van der Waals surface area contributed by atoms with Crippen LogP contribution in [-0.2, 0) is 19.6 Å². The van der Waals surface area contributed by atoms with Crippen LogP contribution in [-0.4, -0.2) is 66.0 Å². The monoisotopic (exact) mass is 374 g/mol. The minimum absolute atomic E-state index is 0.0101. The third kappa shape index (κ3) is 4.73. The van der Waals surface area contributed by atoms with Gasteiger partial charge in [-0.2, -0.15) is 0 Å². The summed E-state index contributed by atoms with van der Waals surface area (Å²) >= 11 is 0. The van der Waals surface area contributed by atoms with Crippen molar-refractivity contribution in [2.75, 3.05) is 25.4 Å². The first-order valence-electron chi connectivity index (χ1n) is 9.29. The van der Waals surface area contributed by atoms with E-state index in [2.05, 4.69) is 0 Å². The van der Waals surface area contributed by atoms with E-state index in [4.69, 9.17) is 0 Å². The lowest BCUT2D eigenvalue weighted by atomic mass is 9.88. The number of piperidine rings is 2. The van der Waals surface area contributed by atoms with E-state index in [1.807, 2.05) is 6.92 Å². The van der Waals surface area contributed by atoms with Crippen molar-refractivity contribution in [1.29, 1.82) is 0 Å². The van der Waals surface area contributed by atoms with Crippen LogP contribution in [0.2, 0.25) is 0 Å². The Bertz CT molecular complexity index is 584. The molecule has 0 aromatic rings. The fraction of sp³-hybridized carbons (Fsp3) is 0.882. The van der Waals surface area contributed by atoms with E-state index in [0.717, 1.165) is 6.42 Å². The highest BCUT2D eigenvalue weighted by atomic mass is 32.2. The van der Waals surface area contributed by atoms with Crippen molar-refractivity contribution in [3.8, 4) is 0 Å². The summed E-state index contributed by atoms with van der Waals surface area (Å²) in [6, 6.07) is -0.301. The summed E-state index contributed by atoms with van der Waals surface area (Å²) < 4.78 is 26.0. The number of rotatable bonds is 6. The molecule has 2 aliphatic rings. The lowest BCUT2D eigenvalue weighted by Gasteiger charge is -2.40. The van der Waals surface area contributed by atoms with Gasteiger partial charge < -0.3 is 10.0 Å². The average Bonchev–Trinajstić information content (AvgIpc) is 2.59. The number of carbonyl (C=O) groups is 2. The molecule has 0 saturated carbocycles. The minimum Gasteiger partial charge on any atom is -0.481 e. The van der Waals surface area contributed by atoms with E-state index >= 15 is 0 Å². The lowest BCUT2D eigenvalue weighted by Crippen LogP contribution is -2.52. The third-order valence-electron chi connectivity index (χ3n) is 5.54. The fourth-order valence-electron chi connectivity index (χ4n) is 3.86. The van der Waals surface area contributed by atoms with E-state index in [9.17, 15) is 23.1 Å². The number of hydrogen-bond donors (Lipinski definition) is 1. The van der Waals surface area contributed by atoms with E-state index in [1.54, 1.807) is 11.8 Å². The predicted octanol–water partition coefficient (Wildman–Crippen LogP) is 1.54. The molecule has 25 heavy (non-hydrogen) atoms.